The van der Waals surface area contributed by atoms with Gasteiger partial charge >= 0.3 is 6.18 Å². The van der Waals surface area contributed by atoms with E-state index in [1.807, 2.05) is 0 Å². The van der Waals surface area contributed by atoms with E-state index >= 15 is 0 Å². The van der Waals surface area contributed by atoms with Gasteiger partial charge < -0.3 is 0 Å². The number of fused-ring (bicyclic) bond motifs is 1. The number of nitrogens with one attached hydrogen (secondary N) is 1. The summed E-state index contributed by atoms with van der Waals surface area (Å²) in [6.45, 7) is 1.60. The van der Waals surface area contributed by atoms with Crippen LogP contribution < -0.4 is 5.43 Å². The summed E-state index contributed by atoms with van der Waals surface area (Å²) in [5.41, 5.74) is 2.30. The highest BCUT2D eigenvalue weighted by Gasteiger charge is 2.35. The first-order valence-corrected chi connectivity index (χ1v) is 9.74. The lowest BCUT2D eigenvalue weighted by molar-refractivity contribution is -0.141. The Bertz CT molecular complexity index is 1320. The summed E-state index contributed by atoms with van der Waals surface area (Å²) in [5, 5.41) is 8.91. The highest BCUT2D eigenvalue weighted by atomic mass is 35.5. The van der Waals surface area contributed by atoms with Crippen molar-refractivity contribution in [2.24, 2.45) is 5.10 Å². The molecule has 0 aliphatic heterocycles. The van der Waals surface area contributed by atoms with Gasteiger partial charge in [0.15, 0.2) is 5.65 Å². The molecule has 0 saturated carbocycles. The van der Waals surface area contributed by atoms with Crippen LogP contribution in [0, 0.1) is 6.92 Å². The summed E-state index contributed by atoms with van der Waals surface area (Å²) in [5.74, 6) is -0.816. The van der Waals surface area contributed by atoms with Crippen molar-refractivity contribution in [1.29, 1.82) is 0 Å². The van der Waals surface area contributed by atoms with Gasteiger partial charge in [-0.3, -0.25) is 4.79 Å². The molecule has 2 heterocycles. The van der Waals surface area contributed by atoms with Crippen LogP contribution >= 0.6 is 11.6 Å². The van der Waals surface area contributed by atoms with Gasteiger partial charge in [-0.2, -0.15) is 23.4 Å². The number of hydrazone groups is 1. The first-order valence-electron chi connectivity index (χ1n) is 9.36. The average molecular weight is 458 g/mol. The summed E-state index contributed by atoms with van der Waals surface area (Å²) in [7, 11) is 0. The lowest BCUT2D eigenvalue weighted by Crippen LogP contribution is -2.20. The monoisotopic (exact) mass is 457 g/mol. The maximum absolute atomic E-state index is 13.5. The highest BCUT2D eigenvalue weighted by molar-refractivity contribution is 6.30. The van der Waals surface area contributed by atoms with Crippen LogP contribution in [0.25, 0.3) is 16.7 Å². The molecule has 32 heavy (non-hydrogen) atoms. The summed E-state index contributed by atoms with van der Waals surface area (Å²) >= 11 is 5.82. The molecule has 0 atom stereocenters. The van der Waals surface area contributed by atoms with E-state index in [1.54, 1.807) is 61.5 Å². The third-order valence-corrected chi connectivity index (χ3v) is 4.85. The van der Waals surface area contributed by atoms with Crippen LogP contribution in [0.2, 0.25) is 5.02 Å². The zero-order valence-corrected chi connectivity index (χ0v) is 17.3. The van der Waals surface area contributed by atoms with Gasteiger partial charge in [0.1, 0.15) is 5.69 Å². The van der Waals surface area contributed by atoms with Gasteiger partial charge in [0.05, 0.1) is 28.5 Å². The van der Waals surface area contributed by atoms with E-state index in [2.05, 4.69) is 20.6 Å². The first kappa shape index (κ1) is 21.5. The van der Waals surface area contributed by atoms with Gasteiger partial charge in [-0.15, -0.1) is 0 Å². The summed E-state index contributed by atoms with van der Waals surface area (Å²) in [6, 6.07) is 16.0. The molecule has 0 unspecified atom stereocenters. The number of aryl methyl sites for hydroxylation is 1. The van der Waals surface area contributed by atoms with Crippen molar-refractivity contribution in [2.45, 2.75) is 13.1 Å². The van der Waals surface area contributed by atoms with Crippen molar-refractivity contribution >= 4 is 34.8 Å². The number of hydrogen-bond donors (Lipinski definition) is 1. The Morgan fingerprint density at radius 3 is 2.47 bits per heavy atom. The van der Waals surface area contributed by atoms with Crippen LogP contribution in [0.1, 0.15) is 27.3 Å². The molecular weight excluding hydrogens is 443 g/mol. The number of amides is 1. The van der Waals surface area contributed by atoms with Crippen LogP contribution in [0.5, 0.6) is 0 Å². The van der Waals surface area contributed by atoms with Gasteiger partial charge in [-0.05, 0) is 42.8 Å². The second kappa shape index (κ2) is 8.43. The molecule has 162 valence electrons. The molecule has 1 amide bonds. The Morgan fingerprint density at radius 2 is 1.81 bits per heavy atom. The molecule has 0 fully saturated rings. The van der Waals surface area contributed by atoms with Crippen LogP contribution in [-0.2, 0) is 6.18 Å². The fraction of sp³-hybridized carbons (Fsp3) is 0.0909. The lowest BCUT2D eigenvalue weighted by atomic mass is 10.1. The summed E-state index contributed by atoms with van der Waals surface area (Å²) in [4.78, 5) is 16.6. The number of alkyl halides is 3. The van der Waals surface area contributed by atoms with Crippen LogP contribution in [0.15, 0.2) is 65.8 Å². The second-order valence-corrected chi connectivity index (χ2v) is 7.27. The largest absolute Gasteiger partial charge is 0.433 e. The summed E-state index contributed by atoms with van der Waals surface area (Å²) in [6.07, 6.45) is -3.40. The number of nitrogens with zero attached hydrogens (tertiary/aromatic N) is 4. The Kier molecular flexibility index (Phi) is 5.67. The summed E-state index contributed by atoms with van der Waals surface area (Å²) < 4.78 is 41.9. The molecule has 4 rings (SSSR count). The van der Waals surface area contributed by atoms with E-state index in [1.165, 1.54) is 10.9 Å². The quantitative estimate of drug-likeness (QED) is 0.339. The minimum Gasteiger partial charge on any atom is -0.267 e. The molecule has 6 nitrogen and oxygen atoms in total. The van der Waals surface area contributed by atoms with E-state index in [0.717, 1.165) is 0 Å². The zero-order chi connectivity index (χ0) is 22.9. The number of para-hydroxylation sites is 1. The maximum atomic E-state index is 13.5. The highest BCUT2D eigenvalue weighted by Crippen LogP contribution is 2.32. The molecule has 0 radical (unpaired) electrons. The van der Waals surface area contributed by atoms with Crippen molar-refractivity contribution in [1.82, 2.24) is 20.2 Å². The van der Waals surface area contributed by atoms with E-state index < -0.39 is 17.8 Å². The van der Waals surface area contributed by atoms with Gasteiger partial charge in [0, 0.05) is 5.02 Å². The van der Waals surface area contributed by atoms with Gasteiger partial charge in [0.2, 0.25) is 0 Å². The molecule has 0 aliphatic rings. The smallest absolute Gasteiger partial charge is 0.267 e. The predicted molar refractivity (Wildman–Crippen MR) is 115 cm³/mol. The number of aromatic nitrogens is 3. The molecule has 0 aliphatic carbocycles. The second-order valence-electron chi connectivity index (χ2n) is 6.83. The minimum atomic E-state index is -4.75. The maximum Gasteiger partial charge on any atom is 0.433 e. The predicted octanol–water partition coefficient (Wildman–Crippen LogP) is 5.17. The number of carbonyl (C=O) groups is 1. The van der Waals surface area contributed by atoms with Crippen molar-refractivity contribution in [2.75, 3.05) is 0 Å². The molecular formula is C22H15ClF3N5O. The van der Waals surface area contributed by atoms with E-state index in [9.17, 15) is 18.0 Å². The minimum absolute atomic E-state index is 0.0737. The Balaban J connectivity index is 1.78. The molecule has 10 heteroatoms. The number of rotatable bonds is 4. The van der Waals surface area contributed by atoms with Gasteiger partial charge in [-0.1, -0.05) is 41.9 Å². The van der Waals surface area contributed by atoms with E-state index in [4.69, 9.17) is 11.6 Å². The lowest BCUT2D eigenvalue weighted by Gasteiger charge is -2.10. The third-order valence-electron chi connectivity index (χ3n) is 4.60. The molecule has 1 N–H and O–H groups in total. The van der Waals surface area contributed by atoms with E-state index in [-0.39, 0.29) is 16.6 Å². The van der Waals surface area contributed by atoms with Crippen LogP contribution in [0.4, 0.5) is 13.2 Å². The number of benzene rings is 2. The Hall–Kier alpha value is -3.72. The first-order chi connectivity index (χ1) is 15.2. The standard InChI is InChI=1S/C22H15ClF3N5O/c1-13-19-17(21(32)29-27-12-14-7-9-15(23)10-8-14)11-18(22(24,25)26)28-20(19)31(30-13)16-5-3-2-4-6-16/h2-12H,1H3,(H,29,32)/b27-12+. The van der Waals surface area contributed by atoms with Crippen molar-refractivity contribution < 1.29 is 18.0 Å². The molecule has 2 aromatic heterocycles. The van der Waals surface area contributed by atoms with Crippen molar-refractivity contribution in [3.8, 4) is 5.69 Å². The average Bonchev–Trinajstić information content (AvgIpc) is 3.11. The third kappa shape index (κ3) is 4.33. The molecule has 4 aromatic rings. The molecule has 0 saturated heterocycles. The van der Waals surface area contributed by atoms with Crippen LogP contribution in [-0.4, -0.2) is 26.9 Å². The SMILES string of the molecule is Cc1nn(-c2ccccc2)c2nc(C(F)(F)F)cc(C(=O)N/N=C/c3ccc(Cl)cc3)c12. The van der Waals surface area contributed by atoms with E-state index in [0.29, 0.717) is 28.0 Å². The number of halogens is 4. The molecule has 0 bridgehead atoms. The molecule has 0 spiro atoms. The Labute approximate surface area is 185 Å². The number of pyridine rings is 1. The zero-order valence-electron chi connectivity index (χ0n) is 16.6. The fourth-order valence-corrected chi connectivity index (χ4v) is 3.26. The number of carbonyl (C=O) groups excluding carboxylic acids is 1. The number of hydrogen-bond acceptors (Lipinski definition) is 4. The van der Waals surface area contributed by atoms with Gasteiger partial charge in [0.25, 0.3) is 5.91 Å². The van der Waals surface area contributed by atoms with Gasteiger partial charge in [-0.25, -0.2) is 15.1 Å². The fourth-order valence-electron chi connectivity index (χ4n) is 3.14. The normalized spacial score (nSPS) is 11.9. The Morgan fingerprint density at radius 1 is 1.12 bits per heavy atom. The van der Waals surface area contributed by atoms with Crippen molar-refractivity contribution in [3.63, 3.8) is 0 Å². The van der Waals surface area contributed by atoms with Crippen LogP contribution in [0.3, 0.4) is 0 Å². The molecule has 2 aromatic carbocycles. The topological polar surface area (TPSA) is 72.2 Å². The van der Waals surface area contributed by atoms with Crippen molar-refractivity contribution in [3.05, 3.63) is 88.2 Å².